The maximum atomic E-state index is 15.4. The number of aliphatic hydroxyl groups excluding tert-OH is 1. The second kappa shape index (κ2) is 10.6. The van der Waals surface area contributed by atoms with Gasteiger partial charge in [0.1, 0.15) is 6.17 Å². The fraction of sp³-hybridized carbons (Fsp3) is 0.714. The number of aliphatic hydroxyl groups is 1. The number of hydrogen-bond donors (Lipinski definition) is 2. The molecule has 0 heterocycles. The number of aliphatic carboxylic acids is 1. The highest BCUT2D eigenvalue weighted by molar-refractivity contribution is 6.34. The molecule has 200 valence electrons. The normalized spacial score (nSPS) is 40.6. The maximum absolute atomic E-state index is 15.4. The summed E-state index contributed by atoms with van der Waals surface area (Å²) in [7, 11) is 0. The summed E-state index contributed by atoms with van der Waals surface area (Å²) in [4.78, 5) is 46.6. The minimum absolute atomic E-state index is 0.0194. The van der Waals surface area contributed by atoms with Gasteiger partial charge in [-0.1, -0.05) is 40.2 Å². The Morgan fingerprint density at radius 2 is 1.86 bits per heavy atom. The molecule has 0 aliphatic heterocycles. The van der Waals surface area contributed by atoms with Crippen molar-refractivity contribution in [3.63, 3.8) is 0 Å². The molecule has 0 aromatic heterocycles. The molecule has 0 amide bonds. The van der Waals surface area contributed by atoms with Gasteiger partial charge in [-0.25, -0.2) is 9.18 Å². The molecule has 4 aliphatic carbocycles. The molecule has 9 atom stereocenters. The van der Waals surface area contributed by atoms with Gasteiger partial charge in [0.05, 0.1) is 12.7 Å². The number of ether oxygens (including phenoxy) is 1. The van der Waals surface area contributed by atoms with Crippen LogP contribution in [-0.2, 0) is 23.9 Å². The van der Waals surface area contributed by atoms with Crippen LogP contribution in [0.2, 0.25) is 0 Å². The van der Waals surface area contributed by atoms with E-state index in [9.17, 15) is 19.5 Å². The van der Waals surface area contributed by atoms with Crippen molar-refractivity contribution in [3.8, 4) is 0 Å². The van der Waals surface area contributed by atoms with Crippen LogP contribution in [0.4, 0.5) is 4.39 Å². The highest BCUT2D eigenvalue weighted by Gasteiger charge is 2.66. The van der Waals surface area contributed by atoms with Gasteiger partial charge < -0.3 is 14.9 Å². The van der Waals surface area contributed by atoms with Gasteiger partial charge in [0, 0.05) is 24.2 Å². The van der Waals surface area contributed by atoms with Crippen LogP contribution in [0.15, 0.2) is 23.8 Å². The number of unbranched alkanes of at least 4 members (excludes halogenated alkanes) is 1. The first kappa shape index (κ1) is 28.2. The van der Waals surface area contributed by atoms with E-state index in [-0.39, 0.29) is 42.5 Å². The Hall–Kier alpha value is -2.35. The molecule has 3 saturated carbocycles. The lowest BCUT2D eigenvalue weighted by atomic mass is 9.46. The van der Waals surface area contributed by atoms with Gasteiger partial charge in [-0.15, -0.1) is 0 Å². The predicted molar refractivity (Wildman–Crippen MR) is 131 cm³/mol. The lowest BCUT2D eigenvalue weighted by Gasteiger charge is -2.59. The van der Waals surface area contributed by atoms with Crippen LogP contribution >= 0.6 is 0 Å². The highest BCUT2D eigenvalue weighted by atomic mass is 19.1. The van der Waals surface area contributed by atoms with Crippen LogP contribution in [0.1, 0.15) is 66.7 Å². The number of carboxylic acids is 1. The van der Waals surface area contributed by atoms with Crippen molar-refractivity contribution in [2.75, 3.05) is 6.61 Å². The standard InChI is InChI=1S/C26H35FO5.C2H4O2/c1-5-6-9-32-24(31)23(30)21-14(2)10-17-16-12-19(27)18-11-15(28)7-8-25(18,3)22(16)20(29)13-26(17,21)4;1-2(3)4/h7-8,11,14,16-17,19-22,29H,5-6,9-10,12-13H2,1-4H3;1H3,(H,3,4)/t14-,16+,17+,19+,20+,21-,22-,25+,26+;/m1./s1. The molecule has 0 unspecified atom stereocenters. The Kier molecular flexibility index (Phi) is 8.28. The summed E-state index contributed by atoms with van der Waals surface area (Å²) in [5.74, 6) is -3.26. The van der Waals surface area contributed by atoms with E-state index in [4.69, 9.17) is 14.6 Å². The van der Waals surface area contributed by atoms with Gasteiger partial charge in [0.15, 0.2) is 5.78 Å². The van der Waals surface area contributed by atoms with Crippen LogP contribution < -0.4 is 0 Å². The Bertz CT molecular complexity index is 967. The smallest absolute Gasteiger partial charge is 0.374 e. The van der Waals surface area contributed by atoms with Gasteiger partial charge in [-0.3, -0.25) is 14.4 Å². The maximum Gasteiger partial charge on any atom is 0.374 e. The summed E-state index contributed by atoms with van der Waals surface area (Å²) in [5, 5.41) is 18.8. The summed E-state index contributed by atoms with van der Waals surface area (Å²) in [6, 6.07) is 0. The first-order valence-electron chi connectivity index (χ1n) is 13.0. The zero-order valence-corrected chi connectivity index (χ0v) is 21.8. The highest BCUT2D eigenvalue weighted by Crippen LogP contribution is 2.67. The van der Waals surface area contributed by atoms with E-state index in [1.54, 1.807) is 6.08 Å². The SMILES string of the molecule is CC(=O)O.CCCCOC(=O)C(=O)[C@H]1[C@H](C)C[C@H]2[C@@H]3C[C@H](F)C4=CC(=O)C=C[C@]4(C)[C@H]3[C@@H](O)C[C@@]21C. The molecule has 8 heteroatoms. The van der Waals surface area contributed by atoms with Gasteiger partial charge in [0.2, 0.25) is 5.78 Å². The third-order valence-corrected chi connectivity index (χ3v) is 9.03. The summed E-state index contributed by atoms with van der Waals surface area (Å²) < 4.78 is 20.6. The van der Waals surface area contributed by atoms with E-state index in [1.165, 1.54) is 12.2 Å². The number of allylic oxidation sites excluding steroid dienone is 4. The lowest BCUT2D eigenvalue weighted by Crippen LogP contribution is -2.58. The fourth-order valence-electron chi connectivity index (χ4n) is 7.77. The number of rotatable bonds is 5. The second-order valence-corrected chi connectivity index (χ2v) is 11.5. The molecular formula is C28H39FO7. The number of ketones is 2. The van der Waals surface area contributed by atoms with Crippen LogP contribution in [0.25, 0.3) is 0 Å². The fourth-order valence-corrected chi connectivity index (χ4v) is 7.77. The van der Waals surface area contributed by atoms with Gasteiger partial charge in [-0.2, -0.15) is 0 Å². The minimum Gasteiger partial charge on any atom is -0.481 e. The average molecular weight is 507 g/mol. The molecule has 0 spiro atoms. The number of Topliss-reactive ketones (excluding diaryl/α,β-unsaturated/α-hetero) is 1. The molecule has 4 aliphatic rings. The first-order chi connectivity index (χ1) is 16.8. The Morgan fingerprint density at radius 1 is 1.22 bits per heavy atom. The molecule has 2 N–H and O–H groups in total. The van der Waals surface area contributed by atoms with Gasteiger partial charge >= 0.3 is 5.97 Å². The number of fused-ring (bicyclic) bond motifs is 5. The minimum atomic E-state index is -1.26. The monoisotopic (exact) mass is 506 g/mol. The van der Waals surface area contributed by atoms with Crippen LogP contribution in [0.3, 0.4) is 0 Å². The average Bonchev–Trinajstić information content (AvgIpc) is 3.03. The zero-order chi connectivity index (χ0) is 27.0. The summed E-state index contributed by atoms with van der Waals surface area (Å²) in [6.45, 7) is 9.19. The Balaban J connectivity index is 0.000000840. The quantitative estimate of drug-likeness (QED) is 0.328. The summed E-state index contributed by atoms with van der Waals surface area (Å²) in [6.07, 6.45) is 5.56. The predicted octanol–water partition coefficient (Wildman–Crippen LogP) is 4.08. The van der Waals surface area contributed by atoms with E-state index in [2.05, 4.69) is 0 Å². The van der Waals surface area contributed by atoms with Crippen molar-refractivity contribution >= 4 is 23.5 Å². The zero-order valence-electron chi connectivity index (χ0n) is 21.8. The molecule has 0 bridgehead atoms. The summed E-state index contributed by atoms with van der Waals surface area (Å²) >= 11 is 0. The number of carboxylic acid groups (broad SMARTS) is 1. The van der Waals surface area contributed by atoms with Crippen molar-refractivity contribution in [3.05, 3.63) is 23.8 Å². The van der Waals surface area contributed by atoms with Gasteiger partial charge in [-0.05, 0) is 66.6 Å². The first-order valence-corrected chi connectivity index (χ1v) is 13.0. The molecule has 0 radical (unpaired) electrons. The number of hydrogen-bond acceptors (Lipinski definition) is 6. The molecular weight excluding hydrogens is 467 g/mol. The van der Waals surface area contributed by atoms with E-state index in [0.717, 1.165) is 13.3 Å². The molecule has 0 aromatic carbocycles. The molecule has 36 heavy (non-hydrogen) atoms. The van der Waals surface area contributed by atoms with Crippen molar-refractivity contribution in [1.29, 1.82) is 0 Å². The second-order valence-electron chi connectivity index (χ2n) is 11.5. The number of alkyl halides is 1. The van der Waals surface area contributed by atoms with Crippen molar-refractivity contribution in [2.45, 2.75) is 79.0 Å². The Morgan fingerprint density at radius 3 is 2.47 bits per heavy atom. The van der Waals surface area contributed by atoms with Crippen LogP contribution in [0.5, 0.6) is 0 Å². The number of esters is 1. The third-order valence-electron chi connectivity index (χ3n) is 9.03. The van der Waals surface area contributed by atoms with Crippen LogP contribution in [-0.4, -0.2) is 52.6 Å². The van der Waals surface area contributed by atoms with Crippen molar-refractivity contribution in [1.82, 2.24) is 0 Å². The van der Waals surface area contributed by atoms with E-state index in [1.807, 2.05) is 27.7 Å². The molecule has 3 fully saturated rings. The van der Waals surface area contributed by atoms with E-state index in [0.29, 0.717) is 24.8 Å². The van der Waals surface area contributed by atoms with E-state index < -0.39 is 46.7 Å². The molecule has 0 saturated heterocycles. The topological polar surface area (TPSA) is 118 Å². The molecule has 7 nitrogen and oxygen atoms in total. The third kappa shape index (κ3) is 4.93. The molecule has 0 aromatic rings. The van der Waals surface area contributed by atoms with Gasteiger partial charge in [0.25, 0.3) is 5.97 Å². The molecule has 4 rings (SSSR count). The van der Waals surface area contributed by atoms with Crippen molar-refractivity contribution < 1.29 is 38.5 Å². The summed E-state index contributed by atoms with van der Waals surface area (Å²) in [5.41, 5.74) is -0.847. The largest absolute Gasteiger partial charge is 0.481 e. The van der Waals surface area contributed by atoms with E-state index >= 15 is 4.39 Å². The van der Waals surface area contributed by atoms with Crippen molar-refractivity contribution in [2.24, 2.45) is 40.4 Å². The lowest BCUT2D eigenvalue weighted by molar-refractivity contribution is -0.162. The number of carbonyl (C=O) groups excluding carboxylic acids is 3. The number of carbonyl (C=O) groups is 4. The van der Waals surface area contributed by atoms with Crippen LogP contribution in [0, 0.1) is 40.4 Å². The number of halogens is 1. The Labute approximate surface area is 212 Å².